The number of hydrogen-bond donors (Lipinski definition) is 1. The third kappa shape index (κ3) is 4.26. The summed E-state index contributed by atoms with van der Waals surface area (Å²) in [6.07, 6.45) is 1.65. The predicted octanol–water partition coefficient (Wildman–Crippen LogP) is 3.09. The molecule has 1 aromatic rings. The standard InChI is InChI=1S/C13H17FO/c1-3-10(2)8-13(15)9-11-4-6-12(14)7-5-11/h4-7,13,15H,2-3,8-9H2,1H3. The molecule has 0 amide bonds. The molecular weight excluding hydrogens is 191 g/mol. The van der Waals surface area contributed by atoms with Gasteiger partial charge in [0.1, 0.15) is 5.82 Å². The first-order valence-corrected chi connectivity index (χ1v) is 5.21. The number of halogens is 1. The Morgan fingerprint density at radius 2 is 2.00 bits per heavy atom. The summed E-state index contributed by atoms with van der Waals surface area (Å²) in [4.78, 5) is 0. The molecule has 0 aliphatic heterocycles. The molecule has 0 aliphatic rings. The minimum atomic E-state index is -0.414. The summed E-state index contributed by atoms with van der Waals surface area (Å²) in [7, 11) is 0. The van der Waals surface area contributed by atoms with Gasteiger partial charge in [-0.05, 0) is 37.0 Å². The highest BCUT2D eigenvalue weighted by Crippen LogP contribution is 2.12. The minimum absolute atomic E-state index is 0.244. The molecule has 2 heteroatoms. The zero-order valence-electron chi connectivity index (χ0n) is 9.04. The summed E-state index contributed by atoms with van der Waals surface area (Å²) in [6, 6.07) is 6.23. The maximum Gasteiger partial charge on any atom is 0.123 e. The minimum Gasteiger partial charge on any atom is -0.392 e. The molecule has 1 N–H and O–H groups in total. The van der Waals surface area contributed by atoms with Gasteiger partial charge in [-0.2, -0.15) is 0 Å². The van der Waals surface area contributed by atoms with Crippen LogP contribution < -0.4 is 0 Å². The molecule has 0 heterocycles. The van der Waals surface area contributed by atoms with Crippen LogP contribution in [0.5, 0.6) is 0 Å². The Hall–Kier alpha value is -1.15. The Labute approximate surface area is 90.3 Å². The zero-order valence-corrected chi connectivity index (χ0v) is 9.04. The zero-order chi connectivity index (χ0) is 11.3. The van der Waals surface area contributed by atoms with Gasteiger partial charge in [0.2, 0.25) is 0 Å². The second-order valence-corrected chi connectivity index (χ2v) is 3.79. The average Bonchev–Trinajstić information content (AvgIpc) is 2.21. The fourth-order valence-corrected chi connectivity index (χ4v) is 1.44. The van der Waals surface area contributed by atoms with Crippen molar-refractivity contribution in [3.63, 3.8) is 0 Å². The lowest BCUT2D eigenvalue weighted by Gasteiger charge is -2.11. The van der Waals surface area contributed by atoms with E-state index in [9.17, 15) is 9.50 Å². The molecule has 0 spiro atoms. The first kappa shape index (κ1) is 11.9. The Morgan fingerprint density at radius 3 is 2.53 bits per heavy atom. The maximum absolute atomic E-state index is 12.6. The van der Waals surface area contributed by atoms with Crippen molar-refractivity contribution in [1.29, 1.82) is 0 Å². The van der Waals surface area contributed by atoms with Gasteiger partial charge in [0.15, 0.2) is 0 Å². The van der Waals surface area contributed by atoms with Gasteiger partial charge in [-0.15, -0.1) is 0 Å². The van der Waals surface area contributed by atoms with Gasteiger partial charge in [-0.3, -0.25) is 0 Å². The number of rotatable bonds is 5. The highest BCUT2D eigenvalue weighted by Gasteiger charge is 2.06. The van der Waals surface area contributed by atoms with E-state index in [1.807, 2.05) is 6.92 Å². The van der Waals surface area contributed by atoms with E-state index < -0.39 is 6.10 Å². The number of benzene rings is 1. The molecule has 0 aromatic heterocycles. The van der Waals surface area contributed by atoms with Crippen molar-refractivity contribution < 1.29 is 9.50 Å². The predicted molar refractivity (Wildman–Crippen MR) is 60.2 cm³/mol. The van der Waals surface area contributed by atoms with E-state index in [0.29, 0.717) is 12.8 Å². The van der Waals surface area contributed by atoms with Gasteiger partial charge in [0.05, 0.1) is 6.10 Å². The van der Waals surface area contributed by atoms with Crippen LogP contribution in [0.2, 0.25) is 0 Å². The molecule has 1 unspecified atom stereocenters. The smallest absolute Gasteiger partial charge is 0.123 e. The number of aliphatic hydroxyl groups is 1. The van der Waals surface area contributed by atoms with Gasteiger partial charge in [-0.1, -0.05) is 31.2 Å². The molecule has 0 saturated carbocycles. The number of aliphatic hydroxyl groups excluding tert-OH is 1. The van der Waals surface area contributed by atoms with Crippen molar-refractivity contribution in [1.82, 2.24) is 0 Å². The van der Waals surface area contributed by atoms with E-state index in [1.54, 1.807) is 12.1 Å². The van der Waals surface area contributed by atoms with Crippen LogP contribution in [-0.2, 0) is 6.42 Å². The van der Waals surface area contributed by atoms with Gasteiger partial charge < -0.3 is 5.11 Å². The highest BCUT2D eigenvalue weighted by atomic mass is 19.1. The SMILES string of the molecule is C=C(CC)CC(O)Cc1ccc(F)cc1. The molecule has 1 nitrogen and oxygen atoms in total. The quantitative estimate of drug-likeness (QED) is 0.737. The molecule has 15 heavy (non-hydrogen) atoms. The molecule has 82 valence electrons. The van der Waals surface area contributed by atoms with Crippen molar-refractivity contribution in [3.05, 3.63) is 47.8 Å². The fourth-order valence-electron chi connectivity index (χ4n) is 1.44. The van der Waals surface area contributed by atoms with Crippen LogP contribution in [0, 0.1) is 5.82 Å². The van der Waals surface area contributed by atoms with Gasteiger partial charge >= 0.3 is 0 Å². The fraction of sp³-hybridized carbons (Fsp3) is 0.385. The monoisotopic (exact) mass is 208 g/mol. The van der Waals surface area contributed by atoms with Crippen LogP contribution in [0.15, 0.2) is 36.4 Å². The highest BCUT2D eigenvalue weighted by molar-refractivity contribution is 5.17. The summed E-state index contributed by atoms with van der Waals surface area (Å²) in [5, 5.41) is 9.72. The summed E-state index contributed by atoms with van der Waals surface area (Å²) < 4.78 is 12.6. The molecule has 0 saturated heterocycles. The lowest BCUT2D eigenvalue weighted by molar-refractivity contribution is 0.174. The van der Waals surface area contributed by atoms with Crippen LogP contribution >= 0.6 is 0 Å². The Balaban J connectivity index is 2.47. The van der Waals surface area contributed by atoms with Gasteiger partial charge in [0.25, 0.3) is 0 Å². The van der Waals surface area contributed by atoms with Crippen molar-refractivity contribution in [2.75, 3.05) is 0 Å². The molecular formula is C13H17FO. The lowest BCUT2D eigenvalue weighted by Crippen LogP contribution is -2.11. The Bertz CT molecular complexity index is 316. The van der Waals surface area contributed by atoms with E-state index in [4.69, 9.17) is 0 Å². The number of hydrogen-bond acceptors (Lipinski definition) is 1. The van der Waals surface area contributed by atoms with Crippen LogP contribution in [0.3, 0.4) is 0 Å². The van der Waals surface area contributed by atoms with E-state index in [-0.39, 0.29) is 5.82 Å². The van der Waals surface area contributed by atoms with Crippen molar-refractivity contribution in [3.8, 4) is 0 Å². The summed E-state index contributed by atoms with van der Waals surface area (Å²) in [5.41, 5.74) is 2.00. The van der Waals surface area contributed by atoms with Crippen LogP contribution in [0.1, 0.15) is 25.3 Å². The average molecular weight is 208 g/mol. The molecule has 1 aromatic carbocycles. The molecule has 0 bridgehead atoms. The van der Waals surface area contributed by atoms with E-state index in [2.05, 4.69) is 6.58 Å². The van der Waals surface area contributed by atoms with Gasteiger partial charge in [0, 0.05) is 0 Å². The largest absolute Gasteiger partial charge is 0.392 e. The molecule has 0 radical (unpaired) electrons. The van der Waals surface area contributed by atoms with Gasteiger partial charge in [-0.25, -0.2) is 4.39 Å². The Kier molecular flexibility index (Phi) is 4.50. The van der Waals surface area contributed by atoms with E-state index >= 15 is 0 Å². The lowest BCUT2D eigenvalue weighted by atomic mass is 10.0. The van der Waals surface area contributed by atoms with Crippen LogP contribution in [-0.4, -0.2) is 11.2 Å². The molecule has 0 fully saturated rings. The molecule has 1 rings (SSSR count). The summed E-state index contributed by atoms with van der Waals surface area (Å²) in [5.74, 6) is -0.244. The van der Waals surface area contributed by atoms with Crippen molar-refractivity contribution >= 4 is 0 Å². The van der Waals surface area contributed by atoms with E-state index in [1.165, 1.54) is 12.1 Å². The Morgan fingerprint density at radius 1 is 1.40 bits per heavy atom. The van der Waals surface area contributed by atoms with Crippen molar-refractivity contribution in [2.24, 2.45) is 0 Å². The van der Waals surface area contributed by atoms with Crippen molar-refractivity contribution in [2.45, 2.75) is 32.3 Å². The second-order valence-electron chi connectivity index (χ2n) is 3.79. The molecule has 0 aliphatic carbocycles. The van der Waals surface area contributed by atoms with Crippen LogP contribution in [0.4, 0.5) is 4.39 Å². The maximum atomic E-state index is 12.6. The van der Waals surface area contributed by atoms with E-state index in [0.717, 1.165) is 17.6 Å². The molecule has 1 atom stereocenters. The van der Waals surface area contributed by atoms with Crippen LogP contribution in [0.25, 0.3) is 0 Å². The normalized spacial score (nSPS) is 12.5. The first-order valence-electron chi connectivity index (χ1n) is 5.21. The first-order chi connectivity index (χ1) is 7.11. The topological polar surface area (TPSA) is 20.2 Å². The summed E-state index contributed by atoms with van der Waals surface area (Å²) in [6.45, 7) is 5.87. The third-order valence-electron chi connectivity index (χ3n) is 2.41. The second kappa shape index (κ2) is 5.66. The summed E-state index contributed by atoms with van der Waals surface area (Å²) >= 11 is 0. The third-order valence-corrected chi connectivity index (χ3v) is 2.41.